The molecule has 0 aromatic heterocycles. The van der Waals surface area contributed by atoms with Crippen molar-refractivity contribution in [1.82, 2.24) is 4.72 Å². The van der Waals surface area contributed by atoms with Gasteiger partial charge in [-0.1, -0.05) is 13.8 Å². The summed E-state index contributed by atoms with van der Waals surface area (Å²) in [5.74, 6) is -0.554. The van der Waals surface area contributed by atoms with Gasteiger partial charge >= 0.3 is 0 Å². The molecule has 0 saturated carbocycles. The number of sulfonamides is 1. The number of hydrogen-bond donors (Lipinski definition) is 2. The SMILES string of the molecule is CCC(CC)(CNS(=O)(=O)c1ccc(F)cc1N)SC. The molecule has 0 saturated heterocycles. The fourth-order valence-corrected chi connectivity index (χ4v) is 4.05. The van der Waals surface area contributed by atoms with Crippen molar-refractivity contribution >= 4 is 27.5 Å². The summed E-state index contributed by atoms with van der Waals surface area (Å²) in [4.78, 5) is -0.0823. The predicted molar refractivity (Wildman–Crippen MR) is 82.8 cm³/mol. The molecule has 0 unspecified atom stereocenters. The van der Waals surface area contributed by atoms with E-state index in [1.807, 2.05) is 20.1 Å². The molecule has 0 amide bonds. The van der Waals surface area contributed by atoms with E-state index in [1.54, 1.807) is 11.8 Å². The van der Waals surface area contributed by atoms with Crippen LogP contribution in [0.4, 0.5) is 10.1 Å². The number of hydrogen-bond acceptors (Lipinski definition) is 4. The van der Waals surface area contributed by atoms with Crippen molar-refractivity contribution in [3.8, 4) is 0 Å². The van der Waals surface area contributed by atoms with Crippen molar-refractivity contribution in [3.05, 3.63) is 24.0 Å². The van der Waals surface area contributed by atoms with Crippen LogP contribution in [0.1, 0.15) is 26.7 Å². The summed E-state index contributed by atoms with van der Waals surface area (Å²) in [6.45, 7) is 4.38. The highest BCUT2D eigenvalue weighted by atomic mass is 32.2. The predicted octanol–water partition coefficient (Wildman–Crippen LogP) is 2.61. The fourth-order valence-electron chi connectivity index (χ4n) is 1.93. The first kappa shape index (κ1) is 17.3. The number of nitrogens with one attached hydrogen (secondary N) is 1. The zero-order valence-electron chi connectivity index (χ0n) is 11.9. The lowest BCUT2D eigenvalue weighted by molar-refractivity contribution is 0.522. The standard InChI is InChI=1S/C13H21FN2O2S2/c1-4-13(5-2,19-3)9-16-20(17,18)12-7-6-10(14)8-11(12)15/h6-8,16H,4-5,9,15H2,1-3H3. The molecule has 0 spiro atoms. The largest absolute Gasteiger partial charge is 0.398 e. The van der Waals surface area contributed by atoms with Crippen molar-refractivity contribution in [1.29, 1.82) is 0 Å². The van der Waals surface area contributed by atoms with Crippen LogP contribution >= 0.6 is 11.8 Å². The van der Waals surface area contributed by atoms with Crippen LogP contribution < -0.4 is 10.5 Å². The molecular formula is C13H21FN2O2S2. The maximum atomic E-state index is 13.0. The van der Waals surface area contributed by atoms with E-state index in [1.165, 1.54) is 6.07 Å². The Bertz CT molecular complexity index is 549. The lowest BCUT2D eigenvalue weighted by atomic mass is 10.0. The molecule has 0 atom stereocenters. The molecule has 0 fully saturated rings. The van der Waals surface area contributed by atoms with Gasteiger partial charge in [0.2, 0.25) is 10.0 Å². The number of nitrogens with two attached hydrogens (primary N) is 1. The molecule has 0 aliphatic carbocycles. The van der Waals surface area contributed by atoms with E-state index < -0.39 is 15.8 Å². The number of anilines is 1. The number of nitrogen functional groups attached to an aromatic ring is 1. The van der Waals surface area contributed by atoms with Gasteiger partial charge in [-0.2, -0.15) is 11.8 Å². The molecule has 3 N–H and O–H groups in total. The van der Waals surface area contributed by atoms with E-state index in [-0.39, 0.29) is 15.3 Å². The van der Waals surface area contributed by atoms with Gasteiger partial charge in [0, 0.05) is 11.3 Å². The van der Waals surface area contributed by atoms with Crippen molar-refractivity contribution in [2.75, 3.05) is 18.5 Å². The molecule has 7 heteroatoms. The highest BCUT2D eigenvalue weighted by molar-refractivity contribution is 8.00. The van der Waals surface area contributed by atoms with Gasteiger partial charge in [-0.15, -0.1) is 0 Å². The summed E-state index contributed by atoms with van der Waals surface area (Å²) in [5, 5.41) is 0. The topological polar surface area (TPSA) is 72.2 Å². The van der Waals surface area contributed by atoms with Crippen LogP contribution in [0.2, 0.25) is 0 Å². The van der Waals surface area contributed by atoms with Crippen LogP contribution in [0.3, 0.4) is 0 Å². The molecule has 0 radical (unpaired) electrons. The summed E-state index contributed by atoms with van der Waals surface area (Å²) >= 11 is 1.64. The number of benzene rings is 1. The zero-order valence-corrected chi connectivity index (χ0v) is 13.6. The Hall–Kier alpha value is -0.790. The van der Waals surface area contributed by atoms with Crippen LogP contribution in [0.15, 0.2) is 23.1 Å². The smallest absolute Gasteiger partial charge is 0.242 e. The molecular weight excluding hydrogens is 299 g/mol. The highest BCUT2D eigenvalue weighted by Crippen LogP contribution is 2.30. The van der Waals surface area contributed by atoms with Crippen molar-refractivity contribution in [2.45, 2.75) is 36.3 Å². The first-order chi connectivity index (χ1) is 9.30. The van der Waals surface area contributed by atoms with Gasteiger partial charge in [0.1, 0.15) is 10.7 Å². The van der Waals surface area contributed by atoms with E-state index in [0.717, 1.165) is 25.0 Å². The fraction of sp³-hybridized carbons (Fsp3) is 0.538. The van der Waals surface area contributed by atoms with Crippen LogP contribution in [0, 0.1) is 5.82 Å². The zero-order chi connectivity index (χ0) is 15.4. The Balaban J connectivity index is 2.96. The minimum Gasteiger partial charge on any atom is -0.398 e. The first-order valence-corrected chi connectivity index (χ1v) is 9.11. The summed E-state index contributed by atoms with van der Waals surface area (Å²) in [6, 6.07) is 3.29. The maximum absolute atomic E-state index is 13.0. The van der Waals surface area contributed by atoms with E-state index >= 15 is 0 Å². The molecule has 1 rings (SSSR count). The van der Waals surface area contributed by atoms with Gasteiger partial charge in [0.05, 0.1) is 5.69 Å². The normalized spacial score (nSPS) is 12.6. The molecule has 0 aliphatic rings. The van der Waals surface area contributed by atoms with Crippen LogP contribution in [-0.4, -0.2) is 26.0 Å². The van der Waals surface area contributed by atoms with E-state index in [4.69, 9.17) is 5.73 Å². The average molecular weight is 320 g/mol. The van der Waals surface area contributed by atoms with Gasteiger partial charge in [-0.05, 0) is 37.3 Å². The molecule has 0 heterocycles. The Kier molecular flexibility index (Phi) is 5.85. The third-order valence-electron chi connectivity index (χ3n) is 3.57. The van der Waals surface area contributed by atoms with Gasteiger partial charge in [-0.3, -0.25) is 0 Å². The van der Waals surface area contributed by atoms with Crippen LogP contribution in [0.5, 0.6) is 0 Å². The van der Waals surface area contributed by atoms with E-state index in [9.17, 15) is 12.8 Å². The van der Waals surface area contributed by atoms with Gasteiger partial charge < -0.3 is 5.73 Å². The Morgan fingerprint density at radius 1 is 1.35 bits per heavy atom. The molecule has 1 aromatic rings. The number of halogens is 1. The summed E-state index contributed by atoms with van der Waals surface area (Å²) in [6.07, 6.45) is 3.67. The maximum Gasteiger partial charge on any atom is 0.242 e. The average Bonchev–Trinajstić information content (AvgIpc) is 2.40. The van der Waals surface area contributed by atoms with Crippen molar-refractivity contribution in [3.63, 3.8) is 0 Å². The van der Waals surface area contributed by atoms with E-state index in [0.29, 0.717) is 6.54 Å². The third-order valence-corrected chi connectivity index (χ3v) is 6.63. The van der Waals surface area contributed by atoms with Gasteiger partial charge in [-0.25, -0.2) is 17.5 Å². The van der Waals surface area contributed by atoms with Crippen LogP contribution in [0.25, 0.3) is 0 Å². The lowest BCUT2D eigenvalue weighted by Crippen LogP contribution is -2.39. The second kappa shape index (κ2) is 6.78. The Labute approximate surface area is 124 Å². The van der Waals surface area contributed by atoms with Crippen LogP contribution in [-0.2, 0) is 10.0 Å². The minimum absolute atomic E-state index is 0.0823. The molecule has 0 aliphatic heterocycles. The molecule has 20 heavy (non-hydrogen) atoms. The molecule has 0 bridgehead atoms. The summed E-state index contributed by atoms with van der Waals surface area (Å²) in [5.41, 5.74) is 5.50. The molecule has 114 valence electrons. The summed E-state index contributed by atoms with van der Waals surface area (Å²) < 4.78 is 39.9. The molecule has 1 aromatic carbocycles. The number of thioether (sulfide) groups is 1. The quantitative estimate of drug-likeness (QED) is 0.758. The monoisotopic (exact) mass is 320 g/mol. The second-order valence-corrected chi connectivity index (χ2v) is 7.61. The Morgan fingerprint density at radius 3 is 2.40 bits per heavy atom. The van der Waals surface area contributed by atoms with Gasteiger partial charge in [0.15, 0.2) is 0 Å². The third kappa shape index (κ3) is 3.86. The van der Waals surface area contributed by atoms with Crippen molar-refractivity contribution < 1.29 is 12.8 Å². The second-order valence-electron chi connectivity index (χ2n) is 4.60. The first-order valence-electron chi connectivity index (χ1n) is 6.40. The van der Waals surface area contributed by atoms with E-state index in [2.05, 4.69) is 4.72 Å². The summed E-state index contributed by atoms with van der Waals surface area (Å²) in [7, 11) is -3.73. The van der Waals surface area contributed by atoms with Gasteiger partial charge in [0.25, 0.3) is 0 Å². The highest BCUT2D eigenvalue weighted by Gasteiger charge is 2.28. The Morgan fingerprint density at radius 2 is 1.95 bits per heavy atom. The lowest BCUT2D eigenvalue weighted by Gasteiger charge is -2.29. The minimum atomic E-state index is -3.73. The number of rotatable bonds is 7. The molecule has 4 nitrogen and oxygen atoms in total. The van der Waals surface area contributed by atoms with Crippen molar-refractivity contribution in [2.24, 2.45) is 0 Å².